The van der Waals surface area contributed by atoms with Crippen molar-refractivity contribution in [1.29, 1.82) is 0 Å². The summed E-state index contributed by atoms with van der Waals surface area (Å²) in [6.45, 7) is 3.36. The average molecular weight is 849 g/mol. The van der Waals surface area contributed by atoms with Gasteiger partial charge in [0, 0.05) is 80.7 Å². The fraction of sp³-hybridized carbons (Fsp3) is 0.370. The van der Waals surface area contributed by atoms with Gasteiger partial charge in [0.05, 0.1) is 16.6 Å². The number of rotatable bonds is 11. The first-order valence-electron chi connectivity index (χ1n) is 21.1. The van der Waals surface area contributed by atoms with Crippen LogP contribution in [0.5, 0.6) is 0 Å². The second-order valence-corrected chi connectivity index (χ2v) is 16.8. The smallest absolute Gasteiger partial charge is 0.258 e. The third-order valence-electron chi connectivity index (χ3n) is 12.5. The van der Waals surface area contributed by atoms with E-state index in [0.29, 0.717) is 65.3 Å². The summed E-state index contributed by atoms with van der Waals surface area (Å²) in [4.78, 5) is 57.3. The standard InChI is InChI=1S/C46H47F3N8O5/c1-55(24-28-17-29-25-57(46(61)42(29)37(49)21-28)40-6-7-41(58)51-45(40)60)33-8-12-56(13-9-33)34-3-4-35(39(23-34)50-32-10-14-62-15-11-32)44(59)52-43-36-20-26(2-5-38(36)53-54-43)16-27-18-30(47)22-31(48)19-27/h2-5,17-23,32-33,40,50H,6-16,24-25H2,1H3,(H,51,58,60)(H2,52,53,54,59). The third-order valence-corrected chi connectivity index (χ3v) is 12.5. The van der Waals surface area contributed by atoms with Crippen LogP contribution >= 0.6 is 0 Å². The van der Waals surface area contributed by atoms with Crippen molar-refractivity contribution >= 4 is 51.7 Å². The molecule has 1 aromatic heterocycles. The molecular formula is C46H47F3N8O5. The highest BCUT2D eigenvalue weighted by molar-refractivity contribution is 6.11. The molecule has 0 spiro atoms. The number of ether oxygens (including phenoxy) is 1. The van der Waals surface area contributed by atoms with Gasteiger partial charge in [-0.2, -0.15) is 5.10 Å². The predicted octanol–water partition coefficient (Wildman–Crippen LogP) is 6.28. The van der Waals surface area contributed by atoms with Gasteiger partial charge in [0.2, 0.25) is 11.8 Å². The van der Waals surface area contributed by atoms with E-state index >= 15 is 4.39 Å². The van der Waals surface area contributed by atoms with E-state index in [1.54, 1.807) is 0 Å². The zero-order valence-corrected chi connectivity index (χ0v) is 34.2. The minimum atomic E-state index is -0.807. The number of carbonyl (C=O) groups excluding carboxylic acids is 4. The topological polar surface area (TPSA) is 152 Å². The lowest BCUT2D eigenvalue weighted by Crippen LogP contribution is -2.52. The largest absolute Gasteiger partial charge is 0.381 e. The van der Waals surface area contributed by atoms with Crippen LogP contribution < -0.4 is 20.9 Å². The van der Waals surface area contributed by atoms with Crippen LogP contribution in [-0.2, 0) is 33.8 Å². The van der Waals surface area contributed by atoms with Crippen molar-refractivity contribution < 1.29 is 37.1 Å². The fourth-order valence-electron chi connectivity index (χ4n) is 9.29. The molecule has 16 heteroatoms. The maximum absolute atomic E-state index is 15.5. The summed E-state index contributed by atoms with van der Waals surface area (Å²) in [6.07, 6.45) is 3.93. The van der Waals surface area contributed by atoms with Gasteiger partial charge in [-0.25, -0.2) is 13.2 Å². The van der Waals surface area contributed by atoms with Crippen molar-refractivity contribution in [3.8, 4) is 0 Å². The van der Waals surface area contributed by atoms with Crippen LogP contribution in [0.15, 0.2) is 66.7 Å². The number of carbonyl (C=O) groups is 4. The zero-order valence-electron chi connectivity index (χ0n) is 34.2. The van der Waals surface area contributed by atoms with E-state index in [-0.39, 0.29) is 48.8 Å². The molecular weight excluding hydrogens is 802 g/mol. The van der Waals surface area contributed by atoms with Crippen molar-refractivity contribution in [2.45, 2.75) is 76.2 Å². The summed E-state index contributed by atoms with van der Waals surface area (Å²) in [5.41, 5.74) is 5.41. The normalized spacial score (nSPS) is 18.7. The summed E-state index contributed by atoms with van der Waals surface area (Å²) in [5, 5.41) is 16.9. The van der Waals surface area contributed by atoms with Gasteiger partial charge in [-0.15, -0.1) is 0 Å². The second-order valence-electron chi connectivity index (χ2n) is 16.8. The van der Waals surface area contributed by atoms with Crippen LogP contribution in [0.1, 0.15) is 81.5 Å². The van der Waals surface area contributed by atoms with Gasteiger partial charge < -0.3 is 25.2 Å². The highest BCUT2D eigenvalue weighted by Gasteiger charge is 2.41. The predicted molar refractivity (Wildman–Crippen MR) is 226 cm³/mol. The molecule has 4 aliphatic heterocycles. The number of anilines is 3. The van der Waals surface area contributed by atoms with Gasteiger partial charge in [-0.1, -0.05) is 12.1 Å². The van der Waals surface area contributed by atoms with Gasteiger partial charge >= 0.3 is 0 Å². The number of fused-ring (bicyclic) bond motifs is 2. The minimum absolute atomic E-state index is 0.00861. The van der Waals surface area contributed by atoms with E-state index in [1.807, 2.05) is 49.5 Å². The van der Waals surface area contributed by atoms with Gasteiger partial charge in [-0.05, 0) is 116 Å². The van der Waals surface area contributed by atoms with Gasteiger partial charge in [-0.3, -0.25) is 34.5 Å². The quantitative estimate of drug-likeness (QED) is 0.113. The third kappa shape index (κ3) is 8.61. The number of H-pyrrole nitrogens is 1. The number of imide groups is 1. The molecule has 3 fully saturated rings. The molecule has 5 heterocycles. The number of nitrogens with zero attached hydrogens (tertiary/aromatic N) is 4. The molecule has 62 heavy (non-hydrogen) atoms. The van der Waals surface area contributed by atoms with Gasteiger partial charge in [0.1, 0.15) is 23.5 Å². The number of aromatic amines is 1. The number of halogens is 3. The van der Waals surface area contributed by atoms with Crippen molar-refractivity contribution in [2.24, 2.45) is 0 Å². The molecule has 4 N–H and O–H groups in total. The Kier molecular flexibility index (Phi) is 11.4. The summed E-state index contributed by atoms with van der Waals surface area (Å²) >= 11 is 0. The van der Waals surface area contributed by atoms with Crippen LogP contribution in [0.4, 0.5) is 30.4 Å². The number of benzene rings is 4. The molecule has 0 aliphatic carbocycles. The monoisotopic (exact) mass is 848 g/mol. The number of amides is 4. The molecule has 13 nitrogen and oxygen atoms in total. The molecule has 322 valence electrons. The first-order chi connectivity index (χ1) is 29.9. The molecule has 3 saturated heterocycles. The molecule has 9 rings (SSSR count). The second kappa shape index (κ2) is 17.2. The van der Waals surface area contributed by atoms with Crippen LogP contribution in [0, 0.1) is 17.5 Å². The highest BCUT2D eigenvalue weighted by Crippen LogP contribution is 2.33. The Morgan fingerprint density at radius 1 is 0.887 bits per heavy atom. The average Bonchev–Trinajstić information content (AvgIpc) is 3.80. The van der Waals surface area contributed by atoms with E-state index in [2.05, 4.69) is 35.9 Å². The number of hydrogen-bond donors (Lipinski definition) is 4. The molecule has 0 bridgehead atoms. The minimum Gasteiger partial charge on any atom is -0.381 e. The van der Waals surface area contributed by atoms with Crippen molar-refractivity contribution in [3.05, 3.63) is 118 Å². The Morgan fingerprint density at radius 2 is 1.66 bits per heavy atom. The molecule has 0 saturated carbocycles. The van der Waals surface area contributed by atoms with Gasteiger partial charge in [0.25, 0.3) is 11.8 Å². The summed E-state index contributed by atoms with van der Waals surface area (Å²) in [6, 6.07) is 17.6. The number of piperidine rings is 2. The molecule has 4 amide bonds. The number of nitrogens with one attached hydrogen (secondary N) is 4. The van der Waals surface area contributed by atoms with E-state index in [0.717, 1.165) is 61.7 Å². The van der Waals surface area contributed by atoms with Gasteiger partial charge in [0.15, 0.2) is 5.82 Å². The van der Waals surface area contributed by atoms with E-state index < -0.39 is 35.3 Å². The Morgan fingerprint density at radius 3 is 2.42 bits per heavy atom. The van der Waals surface area contributed by atoms with Crippen LogP contribution in [0.3, 0.4) is 0 Å². The van der Waals surface area contributed by atoms with Crippen LogP contribution in [0.2, 0.25) is 0 Å². The number of aromatic nitrogens is 2. The molecule has 5 aromatic rings. The van der Waals surface area contributed by atoms with Crippen molar-refractivity contribution in [2.75, 3.05) is 48.9 Å². The van der Waals surface area contributed by atoms with Crippen molar-refractivity contribution in [1.82, 2.24) is 25.3 Å². The molecule has 1 atom stereocenters. The fourth-order valence-corrected chi connectivity index (χ4v) is 9.29. The summed E-state index contributed by atoms with van der Waals surface area (Å²) in [5.74, 6) is -3.32. The SMILES string of the molecule is CN(Cc1cc(F)c2c(c1)CN(C1CCC(=O)NC1=O)C2=O)C1CCN(c2ccc(C(=O)Nc3n[nH]c4ccc(Cc5cc(F)cc(F)c5)cc34)c(NC3CCOCC3)c2)CC1. The Hall–Kier alpha value is -6.26. The molecule has 4 aromatic carbocycles. The highest BCUT2D eigenvalue weighted by atomic mass is 19.1. The van der Waals surface area contributed by atoms with E-state index in [9.17, 15) is 28.0 Å². The Balaban J connectivity index is 0.865. The lowest BCUT2D eigenvalue weighted by molar-refractivity contribution is -0.136. The van der Waals surface area contributed by atoms with Crippen LogP contribution in [-0.4, -0.2) is 95.1 Å². The lowest BCUT2D eigenvalue weighted by Gasteiger charge is -2.38. The maximum Gasteiger partial charge on any atom is 0.258 e. The Bertz CT molecular complexity index is 2550. The maximum atomic E-state index is 15.5. The number of hydrogen-bond acceptors (Lipinski definition) is 9. The zero-order chi connectivity index (χ0) is 43.1. The first-order valence-corrected chi connectivity index (χ1v) is 21.1. The van der Waals surface area contributed by atoms with Crippen LogP contribution in [0.25, 0.3) is 10.9 Å². The molecule has 4 aliphatic rings. The van der Waals surface area contributed by atoms with E-state index in [1.165, 1.54) is 23.1 Å². The van der Waals surface area contributed by atoms with Crippen molar-refractivity contribution in [3.63, 3.8) is 0 Å². The molecule has 0 radical (unpaired) electrons. The van der Waals surface area contributed by atoms with E-state index in [4.69, 9.17) is 4.74 Å². The lowest BCUT2D eigenvalue weighted by atomic mass is 10.00. The summed E-state index contributed by atoms with van der Waals surface area (Å²) in [7, 11) is 2.02. The Labute approximate surface area is 356 Å². The molecule has 1 unspecified atom stereocenters. The summed E-state index contributed by atoms with van der Waals surface area (Å²) < 4.78 is 48.8. The first kappa shape index (κ1) is 41.1.